The highest BCUT2D eigenvalue weighted by Crippen LogP contribution is 2.29. The molecule has 1 atom stereocenters. The molecule has 1 N–H and O–H groups in total. The summed E-state index contributed by atoms with van der Waals surface area (Å²) in [5.74, 6) is -0.801. The molecule has 3 aromatic carbocycles. The molecule has 180 valence electrons. The van der Waals surface area contributed by atoms with Crippen LogP contribution in [0.3, 0.4) is 0 Å². The van der Waals surface area contributed by atoms with Gasteiger partial charge in [-0.15, -0.1) is 0 Å². The van der Waals surface area contributed by atoms with Crippen molar-refractivity contribution < 1.29 is 18.0 Å². The molecule has 0 saturated carbocycles. The first-order valence-electron chi connectivity index (χ1n) is 10.9. The molecule has 0 aliphatic heterocycles. The van der Waals surface area contributed by atoms with Crippen molar-refractivity contribution in [2.24, 2.45) is 0 Å². The molecule has 0 bridgehead atoms. The zero-order valence-corrected chi connectivity index (χ0v) is 20.9. The van der Waals surface area contributed by atoms with Crippen molar-refractivity contribution in [3.63, 3.8) is 0 Å². The van der Waals surface area contributed by atoms with Gasteiger partial charge in [-0.25, -0.2) is 8.42 Å². The van der Waals surface area contributed by atoms with Crippen molar-refractivity contribution in [1.29, 1.82) is 0 Å². The lowest BCUT2D eigenvalue weighted by molar-refractivity contribution is -0.140. The Bertz CT molecular complexity index is 1270. The smallest absolute Gasteiger partial charge is 0.244 e. The summed E-state index contributed by atoms with van der Waals surface area (Å²) in [7, 11) is -2.30. The highest BCUT2D eigenvalue weighted by molar-refractivity contribution is 7.92. The maximum atomic E-state index is 13.6. The quantitative estimate of drug-likeness (QED) is 0.483. The van der Waals surface area contributed by atoms with E-state index in [4.69, 9.17) is 11.6 Å². The predicted octanol–water partition coefficient (Wildman–Crippen LogP) is 3.81. The van der Waals surface area contributed by atoms with Crippen LogP contribution in [0.1, 0.15) is 18.9 Å². The molecule has 9 heteroatoms. The monoisotopic (exact) mass is 501 g/mol. The molecule has 0 heterocycles. The van der Waals surface area contributed by atoms with E-state index in [1.165, 1.54) is 11.9 Å². The first kappa shape index (κ1) is 25.5. The summed E-state index contributed by atoms with van der Waals surface area (Å²) in [6.45, 7) is 1.50. The number of rotatable bonds is 9. The maximum Gasteiger partial charge on any atom is 0.244 e. The largest absolute Gasteiger partial charge is 0.357 e. The van der Waals surface area contributed by atoms with Gasteiger partial charge in [0.1, 0.15) is 12.6 Å². The van der Waals surface area contributed by atoms with Gasteiger partial charge in [-0.2, -0.15) is 0 Å². The van der Waals surface area contributed by atoms with E-state index < -0.39 is 28.5 Å². The lowest BCUT2D eigenvalue weighted by Gasteiger charge is -2.32. The predicted molar refractivity (Wildman–Crippen MR) is 136 cm³/mol. The molecule has 34 heavy (non-hydrogen) atoms. The molecule has 2 amide bonds. The van der Waals surface area contributed by atoms with Gasteiger partial charge >= 0.3 is 0 Å². The Morgan fingerprint density at radius 2 is 1.65 bits per heavy atom. The fourth-order valence-electron chi connectivity index (χ4n) is 3.89. The Labute approximate surface area is 205 Å². The molecule has 3 rings (SSSR count). The van der Waals surface area contributed by atoms with Crippen LogP contribution in [-0.4, -0.2) is 51.0 Å². The number of anilines is 1. The first-order chi connectivity index (χ1) is 16.2. The van der Waals surface area contributed by atoms with Crippen LogP contribution < -0.4 is 9.62 Å². The van der Waals surface area contributed by atoms with Gasteiger partial charge in [0.25, 0.3) is 0 Å². The van der Waals surface area contributed by atoms with E-state index in [1.807, 2.05) is 30.3 Å². The number of hydrogen-bond donors (Lipinski definition) is 1. The molecule has 0 aliphatic rings. The van der Waals surface area contributed by atoms with Gasteiger partial charge in [0.2, 0.25) is 21.8 Å². The van der Waals surface area contributed by atoms with Gasteiger partial charge in [-0.05, 0) is 35.6 Å². The van der Waals surface area contributed by atoms with Crippen LogP contribution in [0, 0.1) is 0 Å². The number of likely N-dealkylation sites (N-methyl/N-ethyl adjacent to an activating group) is 1. The Balaban J connectivity index is 2.02. The van der Waals surface area contributed by atoms with Crippen LogP contribution >= 0.6 is 11.6 Å². The number of nitrogens with one attached hydrogen (secondary N) is 1. The molecular weight excluding hydrogens is 474 g/mol. The number of sulfonamides is 1. The second kappa shape index (κ2) is 10.9. The van der Waals surface area contributed by atoms with Gasteiger partial charge in [0.05, 0.1) is 11.9 Å². The van der Waals surface area contributed by atoms with E-state index in [1.54, 1.807) is 43.3 Å². The zero-order chi connectivity index (χ0) is 24.9. The molecule has 0 unspecified atom stereocenters. The number of fused-ring (bicyclic) bond motifs is 1. The van der Waals surface area contributed by atoms with Crippen molar-refractivity contribution in [3.8, 4) is 0 Å². The number of halogens is 1. The van der Waals surface area contributed by atoms with Crippen molar-refractivity contribution >= 4 is 49.9 Å². The van der Waals surface area contributed by atoms with Gasteiger partial charge in [0.15, 0.2) is 0 Å². The second-order valence-corrected chi connectivity index (χ2v) is 10.3. The van der Waals surface area contributed by atoms with E-state index in [0.29, 0.717) is 22.5 Å². The Morgan fingerprint density at radius 1 is 1.00 bits per heavy atom. The molecule has 0 aliphatic carbocycles. The van der Waals surface area contributed by atoms with Crippen molar-refractivity contribution in [2.45, 2.75) is 25.9 Å². The maximum absolute atomic E-state index is 13.6. The third-order valence-corrected chi connectivity index (χ3v) is 6.99. The normalized spacial score (nSPS) is 12.2. The van der Waals surface area contributed by atoms with Crippen LogP contribution in [0.5, 0.6) is 0 Å². The third kappa shape index (κ3) is 5.87. The van der Waals surface area contributed by atoms with Crippen LogP contribution in [-0.2, 0) is 26.2 Å². The topological polar surface area (TPSA) is 86.8 Å². The average molecular weight is 502 g/mol. The van der Waals surface area contributed by atoms with Crippen molar-refractivity contribution in [2.75, 3.05) is 24.2 Å². The number of hydrogen-bond acceptors (Lipinski definition) is 4. The van der Waals surface area contributed by atoms with E-state index in [0.717, 1.165) is 21.5 Å². The zero-order valence-electron chi connectivity index (χ0n) is 19.4. The number of carbonyl (C=O) groups excluding carboxylic acids is 2. The fraction of sp³-hybridized carbons (Fsp3) is 0.280. The van der Waals surface area contributed by atoms with E-state index in [-0.39, 0.29) is 12.5 Å². The third-order valence-electron chi connectivity index (χ3n) is 5.61. The Kier molecular flexibility index (Phi) is 8.17. The number of amides is 2. The summed E-state index contributed by atoms with van der Waals surface area (Å²) < 4.78 is 26.7. The minimum atomic E-state index is -3.81. The molecule has 0 fully saturated rings. The minimum Gasteiger partial charge on any atom is -0.357 e. The Morgan fingerprint density at radius 3 is 2.26 bits per heavy atom. The standard InChI is InChI=1S/C25H28ClN3O4S/c1-4-22(25(31)27-2)28(16-18-12-14-20(26)15-13-18)24(30)17-29(34(3,32)33)23-11-7-9-19-8-5-6-10-21(19)23/h5-15,22H,4,16-17H2,1-3H3,(H,27,31)/t22-/m0/s1. The van der Waals surface area contributed by atoms with Crippen LogP contribution in [0.4, 0.5) is 5.69 Å². The summed E-state index contributed by atoms with van der Waals surface area (Å²) in [5.41, 5.74) is 1.18. The molecule has 3 aromatic rings. The van der Waals surface area contributed by atoms with Crippen LogP contribution in [0.15, 0.2) is 66.7 Å². The number of nitrogens with zero attached hydrogens (tertiary/aromatic N) is 2. The van der Waals surface area contributed by atoms with Crippen molar-refractivity contribution in [1.82, 2.24) is 10.2 Å². The van der Waals surface area contributed by atoms with E-state index >= 15 is 0 Å². The summed E-state index contributed by atoms with van der Waals surface area (Å²) >= 11 is 5.99. The molecule has 0 aromatic heterocycles. The highest BCUT2D eigenvalue weighted by Gasteiger charge is 2.31. The highest BCUT2D eigenvalue weighted by atomic mass is 35.5. The van der Waals surface area contributed by atoms with Crippen LogP contribution in [0.2, 0.25) is 5.02 Å². The molecular formula is C25H28ClN3O4S. The lowest BCUT2D eigenvalue weighted by atomic mass is 10.1. The number of benzene rings is 3. The van der Waals surface area contributed by atoms with Crippen molar-refractivity contribution in [3.05, 3.63) is 77.3 Å². The average Bonchev–Trinajstić information content (AvgIpc) is 2.82. The van der Waals surface area contributed by atoms with Gasteiger partial charge in [-0.3, -0.25) is 13.9 Å². The molecule has 0 spiro atoms. The van der Waals surface area contributed by atoms with E-state index in [9.17, 15) is 18.0 Å². The molecule has 0 radical (unpaired) electrons. The van der Waals surface area contributed by atoms with E-state index in [2.05, 4.69) is 5.32 Å². The second-order valence-electron chi connectivity index (χ2n) is 7.95. The van der Waals surface area contributed by atoms with Gasteiger partial charge in [0, 0.05) is 24.0 Å². The molecule has 7 nitrogen and oxygen atoms in total. The summed E-state index contributed by atoms with van der Waals surface area (Å²) in [5, 5.41) is 4.73. The molecule has 0 saturated heterocycles. The summed E-state index contributed by atoms with van der Waals surface area (Å²) in [6, 6.07) is 18.9. The lowest BCUT2D eigenvalue weighted by Crippen LogP contribution is -2.51. The van der Waals surface area contributed by atoms with Gasteiger partial charge < -0.3 is 10.2 Å². The minimum absolute atomic E-state index is 0.134. The fourth-order valence-corrected chi connectivity index (χ4v) is 4.88. The Hall–Kier alpha value is -3.10. The SMILES string of the molecule is CC[C@@H](C(=O)NC)N(Cc1ccc(Cl)cc1)C(=O)CN(c1cccc2ccccc12)S(C)(=O)=O. The first-order valence-corrected chi connectivity index (χ1v) is 13.1. The van der Waals surface area contributed by atoms with Gasteiger partial charge in [-0.1, -0.05) is 67.1 Å². The summed E-state index contributed by atoms with van der Waals surface area (Å²) in [6.07, 6.45) is 1.44. The number of carbonyl (C=O) groups is 2. The van der Waals surface area contributed by atoms with Crippen LogP contribution in [0.25, 0.3) is 10.8 Å². The summed E-state index contributed by atoms with van der Waals surface area (Å²) in [4.78, 5) is 27.6.